The lowest BCUT2D eigenvalue weighted by Crippen LogP contribution is -2.40. The Kier molecular flexibility index (Phi) is 3.60. The summed E-state index contributed by atoms with van der Waals surface area (Å²) in [6.07, 6.45) is 0.987. The number of hydrogen-bond donors (Lipinski definition) is 2. The maximum absolute atomic E-state index is 5.77. The molecule has 1 aromatic carbocycles. The predicted octanol–water partition coefficient (Wildman–Crippen LogP) is 3.51. The minimum Gasteiger partial charge on any atom is -0.271 e. The molecule has 0 aromatic heterocycles. The Hall–Kier alpha value is -0.380. The van der Waals surface area contributed by atoms with Crippen LogP contribution >= 0.6 is 15.9 Å². The quantitative estimate of drug-likeness (QED) is 0.660. The van der Waals surface area contributed by atoms with Crippen molar-refractivity contribution in [1.29, 1.82) is 0 Å². The maximum Gasteiger partial charge on any atom is 0.0289 e. The molecule has 2 rings (SSSR count). The van der Waals surface area contributed by atoms with Crippen molar-refractivity contribution in [3.05, 3.63) is 34.3 Å². The van der Waals surface area contributed by atoms with Gasteiger partial charge in [0.15, 0.2) is 0 Å². The zero-order chi connectivity index (χ0) is 13.6. The maximum atomic E-state index is 5.77. The molecule has 0 amide bonds. The summed E-state index contributed by atoms with van der Waals surface area (Å²) >= 11 is 3.47. The van der Waals surface area contributed by atoms with Crippen LogP contribution in [0.5, 0.6) is 0 Å². The summed E-state index contributed by atoms with van der Waals surface area (Å²) in [7, 11) is 0. The highest BCUT2D eigenvalue weighted by Gasteiger charge is 2.66. The van der Waals surface area contributed by atoms with Crippen molar-refractivity contribution in [2.45, 2.75) is 40.2 Å². The largest absolute Gasteiger partial charge is 0.271 e. The van der Waals surface area contributed by atoms with Crippen molar-refractivity contribution in [3.8, 4) is 0 Å². The molecule has 0 spiro atoms. The molecule has 1 fully saturated rings. The zero-order valence-corrected chi connectivity index (χ0v) is 13.2. The van der Waals surface area contributed by atoms with Gasteiger partial charge in [-0.1, -0.05) is 55.8 Å². The first-order valence-corrected chi connectivity index (χ1v) is 7.30. The van der Waals surface area contributed by atoms with Crippen LogP contribution in [0, 0.1) is 16.7 Å². The van der Waals surface area contributed by atoms with Crippen molar-refractivity contribution in [3.63, 3.8) is 0 Å². The number of rotatable bonds is 4. The summed E-state index contributed by atoms with van der Waals surface area (Å²) in [6.45, 7) is 9.35. The van der Waals surface area contributed by atoms with Crippen molar-refractivity contribution in [2.24, 2.45) is 22.6 Å². The van der Waals surface area contributed by atoms with Gasteiger partial charge in [-0.05, 0) is 40.9 Å². The molecular weight excluding hydrogens is 288 g/mol. The number of benzene rings is 1. The van der Waals surface area contributed by atoms with E-state index in [-0.39, 0.29) is 0 Å². The van der Waals surface area contributed by atoms with Crippen LogP contribution in [0.2, 0.25) is 0 Å². The molecule has 1 aromatic rings. The van der Waals surface area contributed by atoms with Gasteiger partial charge in [0, 0.05) is 10.5 Å². The molecule has 0 aliphatic heterocycles. The fourth-order valence-electron chi connectivity index (χ4n) is 3.40. The molecular formula is C15H23BrN2. The lowest BCUT2D eigenvalue weighted by molar-refractivity contribution is 0.402. The summed E-state index contributed by atoms with van der Waals surface area (Å²) in [5.74, 6) is 6.40. The van der Waals surface area contributed by atoms with Gasteiger partial charge in [0.25, 0.3) is 0 Å². The van der Waals surface area contributed by atoms with Crippen LogP contribution < -0.4 is 11.3 Å². The van der Waals surface area contributed by atoms with E-state index >= 15 is 0 Å². The molecule has 100 valence electrons. The van der Waals surface area contributed by atoms with Gasteiger partial charge in [0.05, 0.1) is 0 Å². The van der Waals surface area contributed by atoms with E-state index in [1.807, 2.05) is 0 Å². The second-order valence-corrected chi connectivity index (χ2v) is 7.44. The highest BCUT2D eigenvalue weighted by molar-refractivity contribution is 9.10. The van der Waals surface area contributed by atoms with E-state index in [1.54, 1.807) is 0 Å². The van der Waals surface area contributed by atoms with E-state index in [2.05, 4.69) is 73.3 Å². The third-order valence-corrected chi connectivity index (χ3v) is 5.65. The average Bonchev–Trinajstić information content (AvgIpc) is 2.70. The number of hydrazine groups is 1. The Morgan fingerprint density at radius 1 is 1.17 bits per heavy atom. The average molecular weight is 311 g/mol. The third kappa shape index (κ3) is 2.24. The molecule has 18 heavy (non-hydrogen) atoms. The molecule has 0 heterocycles. The molecule has 2 nitrogen and oxygen atoms in total. The monoisotopic (exact) mass is 310 g/mol. The van der Waals surface area contributed by atoms with Gasteiger partial charge in [-0.3, -0.25) is 11.3 Å². The van der Waals surface area contributed by atoms with E-state index in [9.17, 15) is 0 Å². The first kappa shape index (κ1) is 14.0. The van der Waals surface area contributed by atoms with E-state index < -0.39 is 0 Å². The van der Waals surface area contributed by atoms with Crippen molar-refractivity contribution in [2.75, 3.05) is 0 Å². The second kappa shape index (κ2) is 4.62. The molecule has 0 saturated heterocycles. The first-order chi connectivity index (χ1) is 8.30. The zero-order valence-electron chi connectivity index (χ0n) is 11.6. The molecule has 0 radical (unpaired) electrons. The highest BCUT2D eigenvalue weighted by atomic mass is 79.9. The van der Waals surface area contributed by atoms with Gasteiger partial charge < -0.3 is 0 Å². The molecule has 3 N–H and O–H groups in total. The smallest absolute Gasteiger partial charge is 0.0289 e. The third-order valence-electron chi connectivity index (χ3n) is 5.12. The summed E-state index contributed by atoms with van der Waals surface area (Å²) < 4.78 is 1.12. The number of nitrogens with one attached hydrogen (secondary N) is 1. The van der Waals surface area contributed by atoms with Gasteiger partial charge >= 0.3 is 0 Å². The molecule has 1 unspecified atom stereocenters. The second-order valence-electron chi connectivity index (χ2n) is 6.52. The van der Waals surface area contributed by atoms with Gasteiger partial charge in [0.2, 0.25) is 0 Å². The molecule has 1 atom stereocenters. The van der Waals surface area contributed by atoms with Gasteiger partial charge in [-0.15, -0.1) is 0 Å². The highest BCUT2D eigenvalue weighted by Crippen LogP contribution is 2.69. The summed E-state index contributed by atoms with van der Waals surface area (Å²) in [5, 5.41) is 0. The molecule has 3 heteroatoms. The van der Waals surface area contributed by atoms with E-state index in [0.29, 0.717) is 22.8 Å². The topological polar surface area (TPSA) is 38.0 Å². The lowest BCUT2D eigenvalue weighted by Gasteiger charge is -2.18. The van der Waals surface area contributed by atoms with Gasteiger partial charge in [-0.25, -0.2) is 0 Å². The number of halogens is 1. The summed E-state index contributed by atoms with van der Waals surface area (Å²) in [4.78, 5) is 0. The first-order valence-electron chi connectivity index (χ1n) is 6.51. The SMILES string of the molecule is CC1(C)C(C(Cc2ccc(Br)cc2)NN)C1(C)C. The Morgan fingerprint density at radius 3 is 2.06 bits per heavy atom. The number of nitrogens with two attached hydrogens (primary N) is 1. The Bertz CT molecular complexity index is 409. The number of hydrogen-bond acceptors (Lipinski definition) is 2. The Labute approximate surface area is 118 Å². The minimum absolute atomic E-state index is 0.344. The molecule has 1 saturated carbocycles. The van der Waals surface area contributed by atoms with Crippen LogP contribution in [-0.4, -0.2) is 6.04 Å². The Morgan fingerprint density at radius 2 is 1.67 bits per heavy atom. The fourth-order valence-corrected chi connectivity index (χ4v) is 3.67. The predicted molar refractivity (Wildman–Crippen MR) is 80.0 cm³/mol. The van der Waals surface area contributed by atoms with Gasteiger partial charge in [-0.2, -0.15) is 0 Å². The van der Waals surface area contributed by atoms with Crippen molar-refractivity contribution < 1.29 is 0 Å². The molecule has 1 aliphatic rings. The fraction of sp³-hybridized carbons (Fsp3) is 0.600. The van der Waals surface area contributed by atoms with Crippen LogP contribution in [0.3, 0.4) is 0 Å². The molecule has 1 aliphatic carbocycles. The molecule has 0 bridgehead atoms. The van der Waals surface area contributed by atoms with Crippen LogP contribution in [0.25, 0.3) is 0 Å². The van der Waals surface area contributed by atoms with Crippen molar-refractivity contribution >= 4 is 15.9 Å². The van der Waals surface area contributed by atoms with E-state index in [1.165, 1.54) is 5.56 Å². The van der Waals surface area contributed by atoms with E-state index in [4.69, 9.17) is 5.84 Å². The van der Waals surface area contributed by atoms with E-state index in [0.717, 1.165) is 10.9 Å². The normalized spacial score (nSPS) is 22.8. The van der Waals surface area contributed by atoms with Crippen LogP contribution in [0.4, 0.5) is 0 Å². The van der Waals surface area contributed by atoms with Crippen LogP contribution in [0.1, 0.15) is 33.3 Å². The Balaban J connectivity index is 2.10. The van der Waals surface area contributed by atoms with Crippen molar-refractivity contribution in [1.82, 2.24) is 5.43 Å². The van der Waals surface area contributed by atoms with Crippen LogP contribution in [0.15, 0.2) is 28.7 Å². The standard InChI is InChI=1S/C15H23BrN2/c1-14(2)13(15(14,3)4)12(18-17)9-10-5-7-11(16)8-6-10/h5-8,12-13,18H,9,17H2,1-4H3. The van der Waals surface area contributed by atoms with Gasteiger partial charge in [0.1, 0.15) is 0 Å². The lowest BCUT2D eigenvalue weighted by atomic mass is 9.97. The summed E-state index contributed by atoms with van der Waals surface area (Å²) in [5.41, 5.74) is 5.08. The minimum atomic E-state index is 0.344. The van der Waals surface area contributed by atoms with Crippen LogP contribution in [-0.2, 0) is 6.42 Å². The summed E-state index contributed by atoms with van der Waals surface area (Å²) in [6, 6.07) is 8.85.